The van der Waals surface area contributed by atoms with Crippen LogP contribution in [0.5, 0.6) is 17.2 Å². The molecule has 0 bridgehead atoms. The van der Waals surface area contributed by atoms with Gasteiger partial charge in [-0.3, -0.25) is 14.5 Å². The Morgan fingerprint density at radius 1 is 0.955 bits per heavy atom. The molecule has 2 heterocycles. The van der Waals surface area contributed by atoms with Gasteiger partial charge in [-0.25, -0.2) is 9.40 Å². The summed E-state index contributed by atoms with van der Waals surface area (Å²) >= 11 is 0. The normalized spacial score (nSPS) is 16.8. The molecule has 11 heteroatoms. The molecule has 0 N–H and O–H groups in total. The van der Waals surface area contributed by atoms with Gasteiger partial charge in [-0.1, -0.05) is 18.2 Å². The summed E-state index contributed by atoms with van der Waals surface area (Å²) in [5, 5.41) is 6.02. The lowest BCUT2D eigenvalue weighted by Gasteiger charge is -2.31. The molecule has 0 aliphatic carbocycles. The zero-order chi connectivity index (χ0) is 31.1. The van der Waals surface area contributed by atoms with E-state index in [0.29, 0.717) is 66.0 Å². The quantitative estimate of drug-likeness (QED) is 0.327. The fourth-order valence-electron chi connectivity index (χ4n) is 5.42. The fourth-order valence-corrected chi connectivity index (χ4v) is 5.42. The minimum absolute atomic E-state index is 0.239. The standard InChI is InChI=1S/C33H37FN4O6/c1-41-24-10-8-23(9-11-24)33(40)37(15-14-36-16-18-44-19-17-36)22-32(39)38-30(26-6-4-5-7-28(26)34)21-29(35-38)27-13-12-25(42-2)20-31(27)43-3/h4-13,20,30H,14-19,21-22H2,1-3H3/t30-/m1/s1. The largest absolute Gasteiger partial charge is 0.497 e. The molecule has 1 atom stereocenters. The average Bonchev–Trinajstić information content (AvgIpc) is 3.52. The molecule has 0 radical (unpaired) electrons. The number of carbonyl (C=O) groups is 2. The maximum Gasteiger partial charge on any atom is 0.262 e. The van der Waals surface area contributed by atoms with Crippen molar-refractivity contribution in [2.24, 2.45) is 5.10 Å². The van der Waals surface area contributed by atoms with Gasteiger partial charge in [-0.15, -0.1) is 0 Å². The molecule has 0 aromatic heterocycles. The predicted octanol–water partition coefficient (Wildman–Crippen LogP) is 4.00. The molecule has 5 rings (SSSR count). The van der Waals surface area contributed by atoms with E-state index < -0.39 is 17.8 Å². The molecule has 232 valence electrons. The Labute approximate surface area is 256 Å². The molecule has 2 aliphatic rings. The molecule has 0 saturated carbocycles. The highest BCUT2D eigenvalue weighted by molar-refractivity contribution is 6.05. The molecule has 0 spiro atoms. The van der Waals surface area contributed by atoms with Crippen molar-refractivity contribution in [3.05, 3.63) is 89.2 Å². The topological polar surface area (TPSA) is 93.1 Å². The lowest BCUT2D eigenvalue weighted by Crippen LogP contribution is -2.46. The summed E-state index contributed by atoms with van der Waals surface area (Å²) in [5.74, 6) is 0.591. The Bertz CT molecular complexity index is 1490. The number of rotatable bonds is 11. The molecule has 3 aromatic rings. The number of hydrogen-bond donors (Lipinski definition) is 0. The number of halogens is 1. The fraction of sp³-hybridized carbons (Fsp3) is 0.364. The van der Waals surface area contributed by atoms with E-state index in [1.165, 1.54) is 16.0 Å². The number of benzene rings is 3. The first-order valence-corrected chi connectivity index (χ1v) is 14.5. The van der Waals surface area contributed by atoms with Gasteiger partial charge in [-0.2, -0.15) is 5.10 Å². The van der Waals surface area contributed by atoms with Crippen LogP contribution >= 0.6 is 0 Å². The first-order valence-electron chi connectivity index (χ1n) is 14.5. The number of hydrazone groups is 1. The maximum atomic E-state index is 15.1. The van der Waals surface area contributed by atoms with Gasteiger partial charge < -0.3 is 23.8 Å². The molecule has 44 heavy (non-hydrogen) atoms. The van der Waals surface area contributed by atoms with Crippen molar-refractivity contribution in [2.45, 2.75) is 12.5 Å². The number of nitrogens with zero attached hydrogens (tertiary/aromatic N) is 4. The summed E-state index contributed by atoms with van der Waals surface area (Å²) in [6.45, 7) is 3.39. The van der Waals surface area contributed by atoms with Crippen LogP contribution in [0.15, 0.2) is 71.8 Å². The van der Waals surface area contributed by atoms with E-state index in [9.17, 15) is 9.59 Å². The van der Waals surface area contributed by atoms with Gasteiger partial charge >= 0.3 is 0 Å². The number of carbonyl (C=O) groups excluding carboxylic acids is 2. The Hall–Kier alpha value is -4.48. The minimum Gasteiger partial charge on any atom is -0.497 e. The monoisotopic (exact) mass is 604 g/mol. The molecule has 1 saturated heterocycles. The van der Waals surface area contributed by atoms with E-state index in [0.717, 1.165) is 13.1 Å². The molecule has 2 amide bonds. The molecular weight excluding hydrogens is 567 g/mol. The minimum atomic E-state index is -0.706. The van der Waals surface area contributed by atoms with Crippen LogP contribution in [0.25, 0.3) is 0 Å². The van der Waals surface area contributed by atoms with Crippen molar-refractivity contribution in [2.75, 3.05) is 67.3 Å². The van der Waals surface area contributed by atoms with Gasteiger partial charge in [0.1, 0.15) is 29.6 Å². The Balaban J connectivity index is 1.45. The van der Waals surface area contributed by atoms with Gasteiger partial charge in [0.15, 0.2) is 0 Å². The summed E-state index contributed by atoms with van der Waals surface area (Å²) in [6, 6.07) is 17.8. The molecule has 3 aromatic carbocycles. The number of morpholine rings is 1. The number of methoxy groups -OCH3 is 3. The highest BCUT2D eigenvalue weighted by Crippen LogP contribution is 2.37. The predicted molar refractivity (Wildman–Crippen MR) is 163 cm³/mol. The Morgan fingerprint density at radius 2 is 1.66 bits per heavy atom. The number of hydrogen-bond acceptors (Lipinski definition) is 8. The van der Waals surface area contributed by atoms with Gasteiger partial charge in [0, 0.05) is 55.4 Å². The summed E-state index contributed by atoms with van der Waals surface area (Å²) in [7, 11) is 4.67. The second-order valence-electron chi connectivity index (χ2n) is 10.5. The lowest BCUT2D eigenvalue weighted by atomic mass is 9.97. The van der Waals surface area contributed by atoms with E-state index in [4.69, 9.17) is 24.0 Å². The second kappa shape index (κ2) is 14.3. The summed E-state index contributed by atoms with van der Waals surface area (Å²) in [6.07, 6.45) is 0.259. The van der Waals surface area contributed by atoms with E-state index in [1.807, 2.05) is 6.07 Å². The van der Waals surface area contributed by atoms with Crippen molar-refractivity contribution in [3.8, 4) is 17.2 Å². The summed E-state index contributed by atoms with van der Waals surface area (Å²) in [5.41, 5.74) is 2.00. The SMILES string of the molecule is COc1ccc(C(=O)N(CCN2CCOCC2)CC(=O)N2N=C(c3ccc(OC)cc3OC)C[C@@H]2c2ccccc2F)cc1. The molecule has 2 aliphatic heterocycles. The third-order valence-corrected chi connectivity index (χ3v) is 7.89. The Morgan fingerprint density at radius 3 is 2.34 bits per heavy atom. The molecule has 0 unspecified atom stereocenters. The van der Waals surface area contributed by atoms with Crippen LogP contribution in [0.4, 0.5) is 4.39 Å². The second-order valence-corrected chi connectivity index (χ2v) is 10.5. The average molecular weight is 605 g/mol. The van der Waals surface area contributed by atoms with Crippen LogP contribution in [0.2, 0.25) is 0 Å². The number of ether oxygens (including phenoxy) is 4. The van der Waals surface area contributed by atoms with Crippen molar-refractivity contribution < 1.29 is 32.9 Å². The maximum absolute atomic E-state index is 15.1. The van der Waals surface area contributed by atoms with Crippen molar-refractivity contribution in [1.29, 1.82) is 0 Å². The zero-order valence-corrected chi connectivity index (χ0v) is 25.2. The lowest BCUT2D eigenvalue weighted by molar-refractivity contribution is -0.133. The van der Waals surface area contributed by atoms with Crippen molar-refractivity contribution >= 4 is 17.5 Å². The third kappa shape index (κ3) is 7.00. The van der Waals surface area contributed by atoms with Crippen LogP contribution in [0.3, 0.4) is 0 Å². The highest BCUT2D eigenvalue weighted by Gasteiger charge is 2.36. The van der Waals surface area contributed by atoms with Crippen LogP contribution in [0.1, 0.15) is 33.9 Å². The van der Waals surface area contributed by atoms with Crippen molar-refractivity contribution in [3.63, 3.8) is 0 Å². The molecule has 1 fully saturated rings. The summed E-state index contributed by atoms with van der Waals surface area (Å²) < 4.78 is 36.8. The highest BCUT2D eigenvalue weighted by atomic mass is 19.1. The first kappa shape index (κ1) is 31.0. The summed E-state index contributed by atoms with van der Waals surface area (Å²) in [4.78, 5) is 31.5. The van der Waals surface area contributed by atoms with E-state index in [-0.39, 0.29) is 18.9 Å². The first-order chi connectivity index (χ1) is 21.4. The van der Waals surface area contributed by atoms with Crippen LogP contribution in [0, 0.1) is 5.82 Å². The van der Waals surface area contributed by atoms with Crippen LogP contribution in [-0.4, -0.2) is 99.6 Å². The smallest absolute Gasteiger partial charge is 0.262 e. The zero-order valence-electron chi connectivity index (χ0n) is 25.2. The third-order valence-electron chi connectivity index (χ3n) is 7.89. The van der Waals surface area contributed by atoms with Gasteiger partial charge in [0.05, 0.1) is 46.3 Å². The molecule has 10 nitrogen and oxygen atoms in total. The van der Waals surface area contributed by atoms with Crippen molar-refractivity contribution in [1.82, 2.24) is 14.8 Å². The van der Waals surface area contributed by atoms with Gasteiger partial charge in [0.25, 0.3) is 11.8 Å². The van der Waals surface area contributed by atoms with E-state index in [2.05, 4.69) is 4.90 Å². The van der Waals surface area contributed by atoms with Crippen LogP contribution in [-0.2, 0) is 9.53 Å². The van der Waals surface area contributed by atoms with Crippen LogP contribution < -0.4 is 14.2 Å². The van der Waals surface area contributed by atoms with E-state index >= 15 is 4.39 Å². The Kier molecular flexibility index (Phi) is 10.1. The van der Waals surface area contributed by atoms with E-state index in [1.54, 1.807) is 75.9 Å². The number of amides is 2. The molecular formula is C33H37FN4O6. The van der Waals surface area contributed by atoms with Gasteiger partial charge in [0.2, 0.25) is 0 Å². The van der Waals surface area contributed by atoms with Gasteiger partial charge in [-0.05, 0) is 42.5 Å².